The van der Waals surface area contributed by atoms with E-state index in [4.69, 9.17) is 4.74 Å². The Hall–Kier alpha value is -1.51. The second-order valence-corrected chi connectivity index (χ2v) is 8.85. The van der Waals surface area contributed by atoms with Gasteiger partial charge in [-0.25, -0.2) is 4.39 Å². The molecular weight excluding hydrogens is 451 g/mol. The molecule has 0 amide bonds. The van der Waals surface area contributed by atoms with Gasteiger partial charge in [0, 0.05) is 49.7 Å². The van der Waals surface area contributed by atoms with E-state index >= 15 is 0 Å². The molecule has 1 aliphatic heterocycles. The number of hydrogen-bond donors (Lipinski definition) is 2. The molecule has 2 N–H and O–H groups in total. The lowest BCUT2D eigenvalue weighted by molar-refractivity contribution is 0.0297. The monoisotopic (exact) mass is 480 g/mol. The van der Waals surface area contributed by atoms with Gasteiger partial charge in [0.05, 0.1) is 6.10 Å². The number of β-amino-alcohol motifs (C(OH)–C–C–N with tert-alkyl or cyclic N) is 2. The van der Waals surface area contributed by atoms with Crippen molar-refractivity contribution < 1.29 is 19.3 Å². The van der Waals surface area contributed by atoms with Crippen LogP contribution in [0.3, 0.4) is 0 Å². The van der Waals surface area contributed by atoms with Crippen LogP contribution in [0.5, 0.6) is 5.75 Å². The fourth-order valence-electron chi connectivity index (χ4n) is 3.66. The van der Waals surface area contributed by atoms with Gasteiger partial charge in [-0.05, 0) is 42.0 Å². The van der Waals surface area contributed by atoms with Crippen molar-refractivity contribution in [2.24, 2.45) is 0 Å². The van der Waals surface area contributed by atoms with Crippen molar-refractivity contribution >= 4 is 15.9 Å². The minimum atomic E-state index is -0.557. The molecule has 0 saturated carbocycles. The van der Waals surface area contributed by atoms with Crippen molar-refractivity contribution in [1.82, 2.24) is 9.80 Å². The predicted molar refractivity (Wildman–Crippen MR) is 119 cm³/mol. The minimum absolute atomic E-state index is 0.128. The van der Waals surface area contributed by atoms with Crippen LogP contribution in [-0.4, -0.2) is 78.1 Å². The molecule has 0 aliphatic carbocycles. The van der Waals surface area contributed by atoms with Gasteiger partial charge in [0.2, 0.25) is 0 Å². The third-order valence-electron chi connectivity index (χ3n) is 5.59. The summed E-state index contributed by atoms with van der Waals surface area (Å²) in [5.41, 5.74) is 0.815. The summed E-state index contributed by atoms with van der Waals surface area (Å²) in [6, 6.07) is 14.0. The lowest BCUT2D eigenvalue weighted by Crippen LogP contribution is -2.51. The molecule has 30 heavy (non-hydrogen) atoms. The number of hydrogen-bond acceptors (Lipinski definition) is 5. The van der Waals surface area contributed by atoms with E-state index in [2.05, 4.69) is 25.7 Å². The van der Waals surface area contributed by atoms with Crippen LogP contribution in [0.25, 0.3) is 0 Å². The van der Waals surface area contributed by atoms with Gasteiger partial charge in [-0.3, -0.25) is 9.80 Å². The third-order valence-corrected chi connectivity index (χ3v) is 6.12. The molecule has 0 bridgehead atoms. The molecule has 3 unspecified atom stereocenters. The zero-order valence-corrected chi connectivity index (χ0v) is 18.8. The molecule has 0 aromatic heterocycles. The van der Waals surface area contributed by atoms with Crippen LogP contribution in [0.4, 0.5) is 4.39 Å². The molecule has 1 aliphatic rings. The number of nitrogens with zero attached hydrogens (tertiary/aromatic N) is 2. The van der Waals surface area contributed by atoms with E-state index in [9.17, 15) is 14.6 Å². The zero-order valence-electron chi connectivity index (χ0n) is 17.3. The summed E-state index contributed by atoms with van der Waals surface area (Å²) < 4.78 is 20.1. The first-order valence-corrected chi connectivity index (χ1v) is 11.1. The van der Waals surface area contributed by atoms with Gasteiger partial charge in [-0.15, -0.1) is 0 Å². The van der Waals surface area contributed by atoms with E-state index < -0.39 is 12.2 Å². The molecule has 1 heterocycles. The van der Waals surface area contributed by atoms with Crippen molar-refractivity contribution in [3.63, 3.8) is 0 Å². The highest BCUT2D eigenvalue weighted by molar-refractivity contribution is 9.10. The van der Waals surface area contributed by atoms with Crippen molar-refractivity contribution in [2.75, 3.05) is 45.9 Å². The number of ether oxygens (including phenoxy) is 1. The van der Waals surface area contributed by atoms with Crippen molar-refractivity contribution in [3.8, 4) is 5.75 Å². The number of aliphatic hydroxyl groups excluding tert-OH is 2. The average molecular weight is 481 g/mol. The van der Waals surface area contributed by atoms with Crippen molar-refractivity contribution in [2.45, 2.75) is 25.0 Å². The molecule has 3 atom stereocenters. The Bertz CT molecular complexity index is 784. The molecule has 164 valence electrons. The minimum Gasteiger partial charge on any atom is -0.491 e. The van der Waals surface area contributed by atoms with Crippen LogP contribution in [0, 0.1) is 5.82 Å². The second-order valence-electron chi connectivity index (χ2n) is 7.93. The molecular formula is C23H30BrFN2O3. The highest BCUT2D eigenvalue weighted by Gasteiger charge is 2.24. The maximum Gasteiger partial charge on any atom is 0.123 e. The van der Waals surface area contributed by atoms with E-state index in [-0.39, 0.29) is 18.3 Å². The molecule has 0 radical (unpaired) electrons. The van der Waals surface area contributed by atoms with Gasteiger partial charge < -0.3 is 14.9 Å². The van der Waals surface area contributed by atoms with Gasteiger partial charge >= 0.3 is 0 Å². The van der Waals surface area contributed by atoms with Gasteiger partial charge in [-0.2, -0.15) is 0 Å². The van der Waals surface area contributed by atoms with E-state index in [1.165, 1.54) is 12.1 Å². The van der Waals surface area contributed by atoms with E-state index in [1.807, 2.05) is 37.3 Å². The number of benzene rings is 2. The molecule has 5 nitrogen and oxygen atoms in total. The number of aliphatic hydroxyl groups is 2. The summed E-state index contributed by atoms with van der Waals surface area (Å²) in [6.07, 6.45) is -1.11. The van der Waals surface area contributed by atoms with Crippen LogP contribution in [0.2, 0.25) is 0 Å². The highest BCUT2D eigenvalue weighted by atomic mass is 79.9. The molecule has 2 aromatic rings. The molecule has 1 saturated heterocycles. The first-order valence-electron chi connectivity index (χ1n) is 10.4. The quantitative estimate of drug-likeness (QED) is 0.577. The van der Waals surface area contributed by atoms with Crippen molar-refractivity contribution in [1.29, 1.82) is 0 Å². The van der Waals surface area contributed by atoms with E-state index in [1.54, 1.807) is 6.07 Å². The Balaban J connectivity index is 1.37. The smallest absolute Gasteiger partial charge is 0.123 e. The molecule has 7 heteroatoms. The van der Waals surface area contributed by atoms with Gasteiger partial charge in [0.1, 0.15) is 24.3 Å². The van der Waals surface area contributed by atoms with Gasteiger partial charge in [0.15, 0.2) is 0 Å². The first kappa shape index (κ1) is 23.2. The zero-order chi connectivity index (χ0) is 21.5. The number of halogens is 2. The van der Waals surface area contributed by atoms with Gasteiger partial charge in [-0.1, -0.05) is 35.0 Å². The first-order chi connectivity index (χ1) is 14.4. The lowest BCUT2D eigenvalue weighted by Gasteiger charge is -2.37. The van der Waals surface area contributed by atoms with Crippen LogP contribution in [-0.2, 0) is 0 Å². The Kier molecular flexibility index (Phi) is 8.65. The molecule has 0 spiro atoms. The van der Waals surface area contributed by atoms with Gasteiger partial charge in [0.25, 0.3) is 0 Å². The SMILES string of the molecule is CC(c1cccc(F)c1)C(O)CN1CCN(CC(O)COc2ccc(Br)cc2)CC1. The summed E-state index contributed by atoms with van der Waals surface area (Å²) in [7, 11) is 0. The third kappa shape index (κ3) is 7.03. The lowest BCUT2D eigenvalue weighted by atomic mass is 9.95. The summed E-state index contributed by atoms with van der Waals surface area (Å²) in [5, 5.41) is 20.9. The van der Waals surface area contributed by atoms with Crippen LogP contribution >= 0.6 is 15.9 Å². The van der Waals surface area contributed by atoms with E-state index in [0.29, 0.717) is 13.1 Å². The van der Waals surface area contributed by atoms with Crippen LogP contribution in [0.1, 0.15) is 18.4 Å². The molecule has 2 aromatic carbocycles. The number of piperazine rings is 1. The second kappa shape index (κ2) is 11.2. The van der Waals surface area contributed by atoms with Crippen molar-refractivity contribution in [3.05, 3.63) is 64.4 Å². The van der Waals surface area contributed by atoms with Crippen LogP contribution in [0.15, 0.2) is 53.0 Å². The number of rotatable bonds is 9. The van der Waals surface area contributed by atoms with Crippen LogP contribution < -0.4 is 4.74 Å². The fraction of sp³-hybridized carbons (Fsp3) is 0.478. The Morgan fingerprint density at radius 1 is 1.00 bits per heavy atom. The summed E-state index contributed by atoms with van der Waals surface area (Å²) in [6.45, 7) is 6.61. The Labute approximate surface area is 186 Å². The Morgan fingerprint density at radius 2 is 1.63 bits per heavy atom. The maximum absolute atomic E-state index is 13.4. The topological polar surface area (TPSA) is 56.2 Å². The maximum atomic E-state index is 13.4. The fourth-order valence-corrected chi connectivity index (χ4v) is 3.93. The summed E-state index contributed by atoms with van der Waals surface area (Å²) >= 11 is 3.39. The summed E-state index contributed by atoms with van der Waals surface area (Å²) in [4.78, 5) is 4.44. The predicted octanol–water partition coefficient (Wildman–Crippen LogP) is 3.11. The Morgan fingerprint density at radius 3 is 2.27 bits per heavy atom. The average Bonchev–Trinajstić information content (AvgIpc) is 2.74. The normalized spacial score (nSPS) is 18.7. The largest absolute Gasteiger partial charge is 0.491 e. The van der Waals surface area contributed by atoms with E-state index in [0.717, 1.165) is 42.0 Å². The highest BCUT2D eigenvalue weighted by Crippen LogP contribution is 2.21. The molecule has 1 fully saturated rings. The molecule has 3 rings (SSSR count). The standard InChI is InChI=1S/C23H30BrFN2O3/c1-17(18-3-2-4-20(25)13-18)23(29)15-27-11-9-26(10-12-27)14-21(28)16-30-22-7-5-19(24)6-8-22/h2-8,13,17,21,23,28-29H,9-12,14-16H2,1H3. The summed E-state index contributed by atoms with van der Waals surface area (Å²) in [5.74, 6) is 0.336.